The van der Waals surface area contributed by atoms with Crippen molar-refractivity contribution in [2.24, 2.45) is 22.4 Å². The number of nitrogens with zero attached hydrogens (tertiary/aromatic N) is 1. The predicted molar refractivity (Wildman–Crippen MR) is 54.1 cm³/mol. The van der Waals surface area contributed by atoms with Crippen LogP contribution >= 0.6 is 0 Å². The minimum atomic E-state index is -1.13. The zero-order chi connectivity index (χ0) is 10.6. The van der Waals surface area contributed by atoms with Gasteiger partial charge in [-0.05, 0) is 38.1 Å². The molecule has 1 rings (SSSR count). The maximum absolute atomic E-state index is 10.4. The third-order valence-corrected chi connectivity index (χ3v) is 2.69. The Morgan fingerprint density at radius 2 is 1.93 bits per heavy atom. The Morgan fingerprint density at radius 1 is 1.36 bits per heavy atom. The molecule has 0 heterocycles. The van der Waals surface area contributed by atoms with Gasteiger partial charge in [-0.15, -0.1) is 0 Å². The number of hydrogen-bond acceptors (Lipinski definition) is 3. The summed E-state index contributed by atoms with van der Waals surface area (Å²) >= 11 is 0. The Kier molecular flexibility index (Phi) is 3.88. The molecule has 0 aromatic rings. The van der Waals surface area contributed by atoms with E-state index in [0.29, 0.717) is 12.5 Å². The summed E-state index contributed by atoms with van der Waals surface area (Å²) in [7, 11) is 0. The minimum absolute atomic E-state index is 0.0777. The fourth-order valence-electron chi connectivity index (χ4n) is 1.76. The highest BCUT2D eigenvalue weighted by Gasteiger charge is 2.20. The van der Waals surface area contributed by atoms with Gasteiger partial charge >= 0.3 is 5.97 Å². The van der Waals surface area contributed by atoms with Gasteiger partial charge in [-0.2, -0.15) is 0 Å². The van der Waals surface area contributed by atoms with E-state index in [-0.39, 0.29) is 11.9 Å². The van der Waals surface area contributed by atoms with Gasteiger partial charge in [0.05, 0.1) is 6.04 Å². The first-order valence-electron chi connectivity index (χ1n) is 4.90. The largest absolute Gasteiger partial charge is 0.475 e. The smallest absolute Gasteiger partial charge is 0.370 e. The Morgan fingerprint density at radius 3 is 2.36 bits per heavy atom. The van der Waals surface area contributed by atoms with Gasteiger partial charge < -0.3 is 16.6 Å². The quantitative estimate of drug-likeness (QED) is 0.428. The molecule has 1 aliphatic carbocycles. The van der Waals surface area contributed by atoms with Crippen molar-refractivity contribution in [1.29, 1.82) is 0 Å². The second kappa shape index (κ2) is 4.95. The summed E-state index contributed by atoms with van der Waals surface area (Å²) in [6.45, 7) is 0.713. The molecule has 0 unspecified atom stereocenters. The number of carbonyl (C=O) groups is 1. The average Bonchev–Trinajstić information content (AvgIpc) is 2.19. The molecule has 1 fully saturated rings. The summed E-state index contributed by atoms with van der Waals surface area (Å²) in [5.74, 6) is -0.834. The molecule has 0 aromatic heterocycles. The highest BCUT2D eigenvalue weighted by Crippen LogP contribution is 2.25. The maximum atomic E-state index is 10.4. The summed E-state index contributed by atoms with van der Waals surface area (Å²) in [6.07, 6.45) is 3.85. The van der Waals surface area contributed by atoms with E-state index >= 15 is 0 Å². The van der Waals surface area contributed by atoms with Crippen LogP contribution in [0.2, 0.25) is 0 Å². The number of amidine groups is 1. The van der Waals surface area contributed by atoms with Gasteiger partial charge in [-0.1, -0.05) is 0 Å². The lowest BCUT2D eigenvalue weighted by Crippen LogP contribution is -2.28. The first kappa shape index (κ1) is 11.0. The van der Waals surface area contributed by atoms with Crippen LogP contribution in [0.3, 0.4) is 0 Å². The van der Waals surface area contributed by atoms with Crippen LogP contribution in [0.15, 0.2) is 4.99 Å². The van der Waals surface area contributed by atoms with E-state index in [9.17, 15) is 4.79 Å². The van der Waals surface area contributed by atoms with Crippen LogP contribution in [-0.2, 0) is 4.79 Å². The highest BCUT2D eigenvalue weighted by molar-refractivity contribution is 6.33. The molecule has 0 amide bonds. The Balaban J connectivity index is 2.42. The molecule has 0 radical (unpaired) electrons. The number of aliphatic imine (C=N–C) groups is 1. The lowest BCUT2D eigenvalue weighted by Gasteiger charge is -2.24. The van der Waals surface area contributed by atoms with Gasteiger partial charge in [0.2, 0.25) is 5.84 Å². The molecule has 0 spiro atoms. The summed E-state index contributed by atoms with van der Waals surface area (Å²) in [5, 5.41) is 8.54. The third kappa shape index (κ3) is 2.99. The molecule has 0 aliphatic heterocycles. The van der Waals surface area contributed by atoms with E-state index < -0.39 is 5.97 Å². The molecule has 14 heavy (non-hydrogen) atoms. The summed E-state index contributed by atoms with van der Waals surface area (Å²) in [4.78, 5) is 14.4. The van der Waals surface area contributed by atoms with E-state index in [1.807, 2.05) is 0 Å². The summed E-state index contributed by atoms with van der Waals surface area (Å²) in [5.41, 5.74) is 10.8. The minimum Gasteiger partial charge on any atom is -0.475 e. The number of carboxylic acids is 1. The Labute approximate surface area is 83.2 Å². The lowest BCUT2D eigenvalue weighted by atomic mass is 9.86. The van der Waals surface area contributed by atoms with Gasteiger partial charge in [0.15, 0.2) is 0 Å². The van der Waals surface area contributed by atoms with Crippen LogP contribution in [0.1, 0.15) is 25.7 Å². The van der Waals surface area contributed by atoms with Crippen molar-refractivity contribution in [3.63, 3.8) is 0 Å². The molecule has 0 bridgehead atoms. The van der Waals surface area contributed by atoms with Crippen LogP contribution < -0.4 is 11.5 Å². The van der Waals surface area contributed by atoms with E-state index in [0.717, 1.165) is 25.7 Å². The molecular formula is C9H17N3O2. The topological polar surface area (TPSA) is 102 Å². The number of carboxylic acid groups (broad SMARTS) is 1. The second-order valence-corrected chi connectivity index (χ2v) is 3.73. The molecule has 0 atom stereocenters. The molecular weight excluding hydrogens is 182 g/mol. The first-order chi connectivity index (χ1) is 6.63. The zero-order valence-electron chi connectivity index (χ0n) is 8.15. The number of rotatable bonds is 2. The van der Waals surface area contributed by atoms with Crippen molar-refractivity contribution in [3.8, 4) is 0 Å². The lowest BCUT2D eigenvalue weighted by molar-refractivity contribution is -0.129. The van der Waals surface area contributed by atoms with Crippen LogP contribution in [0.4, 0.5) is 0 Å². The van der Waals surface area contributed by atoms with Gasteiger partial charge in [0.1, 0.15) is 0 Å². The normalized spacial score (nSPS) is 28.8. The van der Waals surface area contributed by atoms with Crippen molar-refractivity contribution in [3.05, 3.63) is 0 Å². The number of nitrogens with two attached hydrogens (primary N) is 2. The Hall–Kier alpha value is -1.10. The second-order valence-electron chi connectivity index (χ2n) is 3.73. The first-order valence-corrected chi connectivity index (χ1v) is 4.90. The summed E-state index contributed by atoms with van der Waals surface area (Å²) in [6, 6.07) is 0.0777. The van der Waals surface area contributed by atoms with Crippen molar-refractivity contribution >= 4 is 11.8 Å². The van der Waals surface area contributed by atoms with Crippen LogP contribution in [0.25, 0.3) is 0 Å². The Bertz CT molecular complexity index is 232. The predicted octanol–water partition coefficient (Wildman–Crippen LogP) is -0.0543. The van der Waals surface area contributed by atoms with Gasteiger partial charge in [0.25, 0.3) is 0 Å². The number of hydrogen-bond donors (Lipinski definition) is 3. The maximum Gasteiger partial charge on any atom is 0.370 e. The van der Waals surface area contributed by atoms with E-state index in [2.05, 4.69) is 4.99 Å². The van der Waals surface area contributed by atoms with Crippen LogP contribution in [0.5, 0.6) is 0 Å². The molecule has 80 valence electrons. The molecule has 0 aromatic carbocycles. The van der Waals surface area contributed by atoms with E-state index in [1.54, 1.807) is 0 Å². The van der Waals surface area contributed by atoms with Crippen molar-refractivity contribution in [1.82, 2.24) is 0 Å². The molecule has 5 N–H and O–H groups in total. The molecule has 5 heteroatoms. The highest BCUT2D eigenvalue weighted by atomic mass is 16.4. The summed E-state index contributed by atoms with van der Waals surface area (Å²) < 4.78 is 0. The monoisotopic (exact) mass is 199 g/mol. The van der Waals surface area contributed by atoms with Gasteiger partial charge in [0, 0.05) is 0 Å². The standard InChI is InChI=1S/C9H17N3O2/c10-5-6-1-3-7(4-2-6)12-8(11)9(13)14/h6-7H,1-5,10H2,(H2,11,12)(H,13,14). The van der Waals surface area contributed by atoms with Gasteiger partial charge in [-0.3, -0.25) is 4.99 Å². The molecule has 5 nitrogen and oxygen atoms in total. The van der Waals surface area contributed by atoms with Gasteiger partial charge in [-0.25, -0.2) is 4.79 Å². The van der Waals surface area contributed by atoms with E-state index in [1.165, 1.54) is 0 Å². The average molecular weight is 199 g/mol. The third-order valence-electron chi connectivity index (χ3n) is 2.69. The zero-order valence-corrected chi connectivity index (χ0v) is 8.15. The fraction of sp³-hybridized carbons (Fsp3) is 0.778. The SMILES string of the molecule is NCC1CCC(N=C(N)C(=O)O)CC1. The number of aliphatic carboxylic acids is 1. The molecule has 1 aliphatic rings. The van der Waals surface area contributed by atoms with Crippen molar-refractivity contribution < 1.29 is 9.90 Å². The van der Waals surface area contributed by atoms with Crippen molar-refractivity contribution in [2.75, 3.05) is 6.54 Å². The molecule has 0 saturated heterocycles. The van der Waals surface area contributed by atoms with Crippen LogP contribution in [0, 0.1) is 5.92 Å². The molecule has 1 saturated carbocycles. The van der Waals surface area contributed by atoms with Crippen LogP contribution in [-0.4, -0.2) is 29.5 Å². The van der Waals surface area contributed by atoms with Crippen molar-refractivity contribution in [2.45, 2.75) is 31.7 Å². The van der Waals surface area contributed by atoms with E-state index in [4.69, 9.17) is 16.6 Å². The fourth-order valence-corrected chi connectivity index (χ4v) is 1.76.